The molecule has 5 heteroatoms. The van der Waals surface area contributed by atoms with Crippen molar-refractivity contribution < 1.29 is 9.90 Å². The second-order valence-corrected chi connectivity index (χ2v) is 4.00. The van der Waals surface area contributed by atoms with Gasteiger partial charge in [0.05, 0.1) is 5.69 Å². The quantitative estimate of drug-likeness (QED) is 0.706. The van der Waals surface area contributed by atoms with Crippen molar-refractivity contribution in [2.24, 2.45) is 5.92 Å². The minimum Gasteiger partial charge on any atom is -0.477 e. The maximum atomic E-state index is 10.8. The predicted octanol–water partition coefficient (Wildman–Crippen LogP) is 2.21. The average Bonchev–Trinajstić information content (AvgIpc) is 2.32. The lowest BCUT2D eigenvalue weighted by atomic mass is 10.0. The molecule has 5 nitrogen and oxygen atoms in total. The van der Waals surface area contributed by atoms with Crippen molar-refractivity contribution >= 4 is 17.5 Å². The number of nitrogens with zero attached hydrogens (tertiary/aromatic N) is 1. The Labute approximate surface area is 101 Å². The molecular formula is C12H19N3O2. The Kier molecular flexibility index (Phi) is 4.75. The summed E-state index contributed by atoms with van der Waals surface area (Å²) in [6.07, 6.45) is 2.14. The lowest BCUT2D eigenvalue weighted by Crippen LogP contribution is -2.15. The van der Waals surface area contributed by atoms with Gasteiger partial charge in [-0.05, 0) is 18.1 Å². The first-order valence-corrected chi connectivity index (χ1v) is 5.82. The van der Waals surface area contributed by atoms with Gasteiger partial charge in [-0.1, -0.05) is 26.7 Å². The first kappa shape index (κ1) is 13.3. The molecule has 94 valence electrons. The van der Waals surface area contributed by atoms with Gasteiger partial charge in [0, 0.05) is 6.54 Å². The smallest absolute Gasteiger partial charge is 0.354 e. The zero-order valence-electron chi connectivity index (χ0n) is 10.2. The van der Waals surface area contributed by atoms with E-state index in [2.05, 4.69) is 24.1 Å². The molecule has 4 N–H and O–H groups in total. The summed E-state index contributed by atoms with van der Waals surface area (Å²) in [5.74, 6) is -0.0444. The third-order valence-corrected chi connectivity index (χ3v) is 2.86. The number of anilines is 2. The number of hydrogen-bond acceptors (Lipinski definition) is 4. The lowest BCUT2D eigenvalue weighted by molar-refractivity contribution is 0.0690. The molecule has 0 radical (unpaired) electrons. The third-order valence-electron chi connectivity index (χ3n) is 2.86. The minimum atomic E-state index is -1.05. The molecule has 1 aromatic rings. The molecular weight excluding hydrogens is 218 g/mol. The van der Waals surface area contributed by atoms with Crippen LogP contribution in [0.1, 0.15) is 37.2 Å². The summed E-state index contributed by atoms with van der Waals surface area (Å²) in [7, 11) is 0. The van der Waals surface area contributed by atoms with E-state index in [1.807, 2.05) is 0 Å². The van der Waals surface area contributed by atoms with Crippen LogP contribution in [-0.2, 0) is 0 Å². The number of aromatic nitrogens is 1. The van der Waals surface area contributed by atoms with E-state index in [4.69, 9.17) is 10.8 Å². The van der Waals surface area contributed by atoms with Crippen LogP contribution in [0.25, 0.3) is 0 Å². The number of carbonyl (C=O) groups is 1. The summed E-state index contributed by atoms with van der Waals surface area (Å²) < 4.78 is 0. The molecule has 1 heterocycles. The van der Waals surface area contributed by atoms with Gasteiger partial charge < -0.3 is 16.2 Å². The molecule has 0 spiro atoms. The highest BCUT2D eigenvalue weighted by atomic mass is 16.4. The van der Waals surface area contributed by atoms with Crippen molar-refractivity contribution in [3.63, 3.8) is 0 Å². The predicted molar refractivity (Wildman–Crippen MR) is 68.2 cm³/mol. The van der Waals surface area contributed by atoms with Gasteiger partial charge >= 0.3 is 5.97 Å². The highest BCUT2D eigenvalue weighted by Gasteiger charge is 2.10. The number of nitrogens with one attached hydrogen (secondary N) is 1. The van der Waals surface area contributed by atoms with Crippen LogP contribution in [0.3, 0.4) is 0 Å². The van der Waals surface area contributed by atoms with Gasteiger partial charge in [-0.15, -0.1) is 0 Å². The van der Waals surface area contributed by atoms with Crippen LogP contribution in [-0.4, -0.2) is 22.6 Å². The lowest BCUT2D eigenvalue weighted by Gasteiger charge is -2.15. The standard InChI is InChI=1S/C12H19N3O2/c1-3-8(4-2)7-14-11-9(13)5-6-10(15-11)12(16)17/h5-6,8H,3-4,7,13H2,1-2H3,(H,14,15)(H,16,17). The maximum absolute atomic E-state index is 10.8. The van der Waals surface area contributed by atoms with Gasteiger partial charge in [-0.2, -0.15) is 0 Å². The van der Waals surface area contributed by atoms with E-state index in [1.165, 1.54) is 6.07 Å². The fraction of sp³-hybridized carbons (Fsp3) is 0.500. The molecule has 0 fully saturated rings. The number of pyridine rings is 1. The number of rotatable bonds is 6. The van der Waals surface area contributed by atoms with Gasteiger partial charge in [-0.3, -0.25) is 0 Å². The van der Waals surface area contributed by atoms with Crippen LogP contribution in [0.15, 0.2) is 12.1 Å². The Morgan fingerprint density at radius 3 is 2.65 bits per heavy atom. The Bertz CT molecular complexity index is 389. The number of aromatic carboxylic acids is 1. The monoisotopic (exact) mass is 237 g/mol. The van der Waals surface area contributed by atoms with Gasteiger partial charge in [-0.25, -0.2) is 9.78 Å². The summed E-state index contributed by atoms with van der Waals surface area (Å²) in [4.78, 5) is 14.8. The normalized spacial score (nSPS) is 10.5. The van der Waals surface area contributed by atoms with Crippen LogP contribution in [0.2, 0.25) is 0 Å². The van der Waals surface area contributed by atoms with Gasteiger partial charge in [0.2, 0.25) is 0 Å². The van der Waals surface area contributed by atoms with Crippen molar-refractivity contribution in [3.8, 4) is 0 Å². The Morgan fingerprint density at radius 2 is 2.12 bits per heavy atom. The van der Waals surface area contributed by atoms with Crippen LogP contribution in [0.5, 0.6) is 0 Å². The number of nitrogen functional groups attached to an aromatic ring is 1. The van der Waals surface area contributed by atoms with Gasteiger partial charge in [0.25, 0.3) is 0 Å². The molecule has 1 aromatic heterocycles. The Hall–Kier alpha value is -1.78. The van der Waals surface area contributed by atoms with Gasteiger partial charge in [0.15, 0.2) is 5.69 Å². The zero-order chi connectivity index (χ0) is 12.8. The molecule has 0 amide bonds. The second kappa shape index (κ2) is 6.08. The fourth-order valence-corrected chi connectivity index (χ4v) is 1.55. The molecule has 0 aliphatic rings. The van der Waals surface area contributed by atoms with Crippen molar-refractivity contribution in [1.82, 2.24) is 4.98 Å². The van der Waals surface area contributed by atoms with Crippen LogP contribution < -0.4 is 11.1 Å². The molecule has 0 saturated carbocycles. The Balaban J connectivity index is 2.75. The van der Waals surface area contributed by atoms with E-state index in [-0.39, 0.29) is 5.69 Å². The zero-order valence-corrected chi connectivity index (χ0v) is 10.2. The highest BCUT2D eigenvalue weighted by Crippen LogP contribution is 2.17. The largest absolute Gasteiger partial charge is 0.477 e. The van der Waals surface area contributed by atoms with Crippen LogP contribution in [0, 0.1) is 5.92 Å². The maximum Gasteiger partial charge on any atom is 0.354 e. The molecule has 0 aliphatic carbocycles. The van der Waals surface area contributed by atoms with E-state index < -0.39 is 5.97 Å². The molecule has 17 heavy (non-hydrogen) atoms. The third kappa shape index (κ3) is 3.62. The second-order valence-electron chi connectivity index (χ2n) is 4.00. The van der Waals surface area contributed by atoms with E-state index >= 15 is 0 Å². The van der Waals surface area contributed by atoms with Crippen LogP contribution in [0.4, 0.5) is 11.5 Å². The minimum absolute atomic E-state index is 0.00578. The summed E-state index contributed by atoms with van der Waals surface area (Å²) >= 11 is 0. The van der Waals surface area contributed by atoms with E-state index in [0.29, 0.717) is 17.4 Å². The molecule has 1 rings (SSSR count). The number of carboxylic acid groups (broad SMARTS) is 1. The topological polar surface area (TPSA) is 88.2 Å². The average molecular weight is 237 g/mol. The summed E-state index contributed by atoms with van der Waals surface area (Å²) in [5, 5.41) is 11.9. The van der Waals surface area contributed by atoms with Crippen molar-refractivity contribution in [2.45, 2.75) is 26.7 Å². The summed E-state index contributed by atoms with van der Waals surface area (Å²) in [6, 6.07) is 2.96. The van der Waals surface area contributed by atoms with Crippen LogP contribution >= 0.6 is 0 Å². The number of nitrogens with two attached hydrogens (primary N) is 1. The van der Waals surface area contributed by atoms with Crippen molar-refractivity contribution in [2.75, 3.05) is 17.6 Å². The Morgan fingerprint density at radius 1 is 1.47 bits per heavy atom. The highest BCUT2D eigenvalue weighted by molar-refractivity contribution is 5.86. The molecule has 0 saturated heterocycles. The molecule has 0 aromatic carbocycles. The summed E-state index contributed by atoms with van der Waals surface area (Å²) in [6.45, 7) is 5.01. The molecule has 0 aliphatic heterocycles. The first-order valence-electron chi connectivity index (χ1n) is 5.82. The fourth-order valence-electron chi connectivity index (χ4n) is 1.55. The van der Waals surface area contributed by atoms with E-state index in [0.717, 1.165) is 19.4 Å². The van der Waals surface area contributed by atoms with E-state index in [1.54, 1.807) is 6.07 Å². The van der Waals surface area contributed by atoms with Crippen molar-refractivity contribution in [3.05, 3.63) is 17.8 Å². The number of carboxylic acids is 1. The molecule has 0 atom stereocenters. The summed E-state index contributed by atoms with van der Waals surface area (Å²) in [5.41, 5.74) is 6.22. The molecule has 0 unspecified atom stereocenters. The van der Waals surface area contributed by atoms with Crippen molar-refractivity contribution in [1.29, 1.82) is 0 Å². The number of hydrogen-bond donors (Lipinski definition) is 3. The SMILES string of the molecule is CCC(CC)CNc1nc(C(=O)O)ccc1N. The first-order chi connectivity index (χ1) is 8.08. The van der Waals surface area contributed by atoms with E-state index in [9.17, 15) is 4.79 Å². The van der Waals surface area contributed by atoms with Gasteiger partial charge in [0.1, 0.15) is 5.82 Å². The molecule has 0 bridgehead atoms.